The molecule has 0 bridgehead atoms. The normalized spacial score (nSPS) is 11.1. The summed E-state index contributed by atoms with van der Waals surface area (Å²) in [6, 6.07) is 16.2. The molecule has 0 aliphatic carbocycles. The molecule has 2 amide bonds. The first-order chi connectivity index (χ1) is 12.8. The maximum Gasteiger partial charge on any atom is 0.405 e. The molecule has 0 aliphatic heterocycles. The number of amides is 2. The van der Waals surface area contributed by atoms with Crippen molar-refractivity contribution in [2.24, 2.45) is 0 Å². The van der Waals surface area contributed by atoms with E-state index >= 15 is 0 Å². The van der Waals surface area contributed by atoms with Gasteiger partial charge in [0.15, 0.2) is 0 Å². The Hall–Kier alpha value is -2.48. The topological polar surface area (TPSA) is 58.2 Å². The van der Waals surface area contributed by atoms with Crippen molar-refractivity contribution in [1.82, 2.24) is 5.32 Å². The largest absolute Gasteiger partial charge is 0.405 e. The molecule has 2 aromatic rings. The van der Waals surface area contributed by atoms with Crippen LogP contribution in [0.5, 0.6) is 0 Å². The predicted octanol–water partition coefficient (Wildman–Crippen LogP) is 3.78. The van der Waals surface area contributed by atoms with E-state index < -0.39 is 18.6 Å². The maximum absolute atomic E-state index is 12.1. The fourth-order valence-corrected chi connectivity index (χ4v) is 2.97. The van der Waals surface area contributed by atoms with Gasteiger partial charge in [0, 0.05) is 11.4 Å². The van der Waals surface area contributed by atoms with E-state index in [9.17, 15) is 22.8 Å². The monoisotopic (exact) mass is 396 g/mol. The summed E-state index contributed by atoms with van der Waals surface area (Å²) in [5.74, 6) is 0.185. The quantitative estimate of drug-likeness (QED) is 0.714. The Morgan fingerprint density at radius 2 is 1.56 bits per heavy atom. The highest BCUT2D eigenvalue weighted by molar-refractivity contribution is 7.99. The number of nitrogens with one attached hydrogen (secondary N) is 2. The van der Waals surface area contributed by atoms with E-state index in [2.05, 4.69) is 5.32 Å². The zero-order valence-corrected chi connectivity index (χ0v) is 15.2. The fourth-order valence-electron chi connectivity index (χ4n) is 2.19. The number of hydrogen-bond donors (Lipinski definition) is 2. The van der Waals surface area contributed by atoms with Gasteiger partial charge in [-0.2, -0.15) is 13.2 Å². The SMILES string of the molecule is O=C(Cc1ccc(NC(=O)CSCc2ccccc2)cc1)NCC(F)(F)F. The number of anilines is 1. The molecule has 0 radical (unpaired) electrons. The molecule has 0 aliphatic rings. The van der Waals surface area contributed by atoms with Crippen LogP contribution in [0, 0.1) is 0 Å². The van der Waals surface area contributed by atoms with E-state index in [0.717, 1.165) is 11.3 Å². The molecule has 0 aromatic heterocycles. The van der Waals surface area contributed by atoms with E-state index in [0.29, 0.717) is 17.0 Å². The number of benzene rings is 2. The van der Waals surface area contributed by atoms with Crippen molar-refractivity contribution < 1.29 is 22.8 Å². The molecular weight excluding hydrogens is 377 g/mol. The van der Waals surface area contributed by atoms with E-state index in [-0.39, 0.29) is 12.3 Å². The molecule has 2 rings (SSSR count). The van der Waals surface area contributed by atoms with Gasteiger partial charge in [0.25, 0.3) is 0 Å². The summed E-state index contributed by atoms with van der Waals surface area (Å²) in [5, 5.41) is 4.56. The average Bonchev–Trinajstić information content (AvgIpc) is 2.62. The number of thioether (sulfide) groups is 1. The molecule has 144 valence electrons. The van der Waals surface area contributed by atoms with Crippen LogP contribution in [-0.4, -0.2) is 30.3 Å². The molecule has 27 heavy (non-hydrogen) atoms. The zero-order valence-electron chi connectivity index (χ0n) is 14.4. The van der Waals surface area contributed by atoms with Crippen LogP contribution in [0.4, 0.5) is 18.9 Å². The number of halogens is 3. The Balaban J connectivity index is 1.72. The molecule has 4 nitrogen and oxygen atoms in total. The highest BCUT2D eigenvalue weighted by Crippen LogP contribution is 2.15. The first-order valence-corrected chi connectivity index (χ1v) is 9.31. The predicted molar refractivity (Wildman–Crippen MR) is 100 cm³/mol. The Morgan fingerprint density at radius 3 is 2.19 bits per heavy atom. The standard InChI is InChI=1S/C19H19F3N2O2S/c20-19(21,22)13-23-17(25)10-14-6-8-16(9-7-14)24-18(26)12-27-11-15-4-2-1-3-5-15/h1-9H,10-13H2,(H,23,25)(H,24,26). The Morgan fingerprint density at radius 1 is 0.889 bits per heavy atom. The molecule has 2 N–H and O–H groups in total. The van der Waals surface area contributed by atoms with Crippen molar-refractivity contribution in [3.63, 3.8) is 0 Å². The minimum atomic E-state index is -4.43. The lowest BCUT2D eigenvalue weighted by Gasteiger charge is -2.09. The van der Waals surface area contributed by atoms with Gasteiger partial charge in [-0.15, -0.1) is 11.8 Å². The first-order valence-electron chi connectivity index (χ1n) is 8.16. The molecule has 0 saturated carbocycles. The van der Waals surface area contributed by atoms with Gasteiger partial charge in [0.05, 0.1) is 12.2 Å². The highest BCUT2D eigenvalue weighted by Gasteiger charge is 2.27. The van der Waals surface area contributed by atoms with E-state index in [4.69, 9.17) is 0 Å². The van der Waals surface area contributed by atoms with Crippen molar-refractivity contribution in [3.8, 4) is 0 Å². The summed E-state index contributed by atoms with van der Waals surface area (Å²) in [5.41, 5.74) is 2.27. The Labute approximate surface area is 159 Å². The van der Waals surface area contributed by atoms with Gasteiger partial charge in [-0.25, -0.2) is 0 Å². The van der Waals surface area contributed by atoms with Crippen LogP contribution in [0.1, 0.15) is 11.1 Å². The summed E-state index contributed by atoms with van der Waals surface area (Å²) >= 11 is 1.50. The van der Waals surface area contributed by atoms with Crippen LogP contribution < -0.4 is 10.6 Å². The van der Waals surface area contributed by atoms with Gasteiger partial charge < -0.3 is 10.6 Å². The van der Waals surface area contributed by atoms with Gasteiger partial charge in [-0.05, 0) is 23.3 Å². The second kappa shape index (κ2) is 10.0. The van der Waals surface area contributed by atoms with Crippen molar-refractivity contribution in [2.75, 3.05) is 17.6 Å². The number of alkyl halides is 3. The summed E-state index contributed by atoms with van der Waals surface area (Å²) in [6.45, 7) is -1.35. The van der Waals surface area contributed by atoms with Crippen molar-refractivity contribution in [1.29, 1.82) is 0 Å². The molecule has 0 fully saturated rings. The third-order valence-corrected chi connectivity index (χ3v) is 4.44. The Kier molecular flexibility index (Phi) is 7.72. The molecule has 0 atom stereocenters. The van der Waals surface area contributed by atoms with E-state index in [1.807, 2.05) is 35.6 Å². The van der Waals surface area contributed by atoms with Crippen LogP contribution >= 0.6 is 11.8 Å². The lowest BCUT2D eigenvalue weighted by Crippen LogP contribution is -2.34. The molecule has 0 heterocycles. The van der Waals surface area contributed by atoms with Crippen molar-refractivity contribution in [3.05, 3.63) is 65.7 Å². The van der Waals surface area contributed by atoms with E-state index in [1.54, 1.807) is 24.3 Å². The van der Waals surface area contributed by atoms with Gasteiger partial charge in [-0.1, -0.05) is 42.5 Å². The summed E-state index contributed by atoms with van der Waals surface area (Å²) in [4.78, 5) is 23.4. The maximum atomic E-state index is 12.1. The summed E-state index contributed by atoms with van der Waals surface area (Å²) in [7, 11) is 0. The molecular formula is C19H19F3N2O2S. The Bertz CT molecular complexity index is 750. The van der Waals surface area contributed by atoms with Crippen molar-refractivity contribution >= 4 is 29.3 Å². The number of rotatable bonds is 8. The lowest BCUT2D eigenvalue weighted by atomic mass is 10.1. The van der Waals surface area contributed by atoms with Crippen molar-refractivity contribution in [2.45, 2.75) is 18.3 Å². The van der Waals surface area contributed by atoms with Crippen LogP contribution in [0.15, 0.2) is 54.6 Å². The molecule has 8 heteroatoms. The third-order valence-electron chi connectivity index (χ3n) is 3.43. The first kappa shape index (κ1) is 20.8. The molecule has 2 aromatic carbocycles. The smallest absolute Gasteiger partial charge is 0.347 e. The van der Waals surface area contributed by atoms with Gasteiger partial charge in [0.2, 0.25) is 11.8 Å². The average molecular weight is 396 g/mol. The van der Waals surface area contributed by atoms with Crippen LogP contribution in [-0.2, 0) is 21.8 Å². The summed E-state index contributed by atoms with van der Waals surface area (Å²) < 4.78 is 36.2. The van der Waals surface area contributed by atoms with Gasteiger partial charge >= 0.3 is 6.18 Å². The van der Waals surface area contributed by atoms with Crippen LogP contribution in [0.25, 0.3) is 0 Å². The number of hydrogen-bond acceptors (Lipinski definition) is 3. The molecule has 0 unspecified atom stereocenters. The summed E-state index contributed by atoms with van der Waals surface area (Å²) in [6.07, 6.45) is -4.58. The third kappa shape index (κ3) is 8.63. The second-order valence-electron chi connectivity index (χ2n) is 5.79. The number of carbonyl (C=O) groups excluding carboxylic acids is 2. The molecule has 0 saturated heterocycles. The van der Waals surface area contributed by atoms with E-state index in [1.165, 1.54) is 11.8 Å². The second-order valence-corrected chi connectivity index (χ2v) is 6.78. The minimum absolute atomic E-state index is 0.147. The minimum Gasteiger partial charge on any atom is -0.347 e. The highest BCUT2D eigenvalue weighted by atomic mass is 32.2. The number of carbonyl (C=O) groups is 2. The van der Waals surface area contributed by atoms with Gasteiger partial charge in [-0.3, -0.25) is 9.59 Å². The zero-order chi connectivity index (χ0) is 19.7. The van der Waals surface area contributed by atoms with Crippen LogP contribution in [0.3, 0.4) is 0 Å². The fraction of sp³-hybridized carbons (Fsp3) is 0.263. The van der Waals surface area contributed by atoms with Gasteiger partial charge in [0.1, 0.15) is 6.54 Å². The molecule has 0 spiro atoms. The van der Waals surface area contributed by atoms with Crippen LogP contribution in [0.2, 0.25) is 0 Å². The lowest BCUT2D eigenvalue weighted by molar-refractivity contribution is -0.138.